The summed E-state index contributed by atoms with van der Waals surface area (Å²) in [7, 11) is 1.64. The van der Waals surface area contributed by atoms with Crippen molar-refractivity contribution in [3.8, 4) is 5.75 Å². The van der Waals surface area contributed by atoms with Gasteiger partial charge in [0.05, 0.1) is 12.8 Å². The van der Waals surface area contributed by atoms with Crippen molar-refractivity contribution in [2.24, 2.45) is 11.1 Å². The zero-order valence-corrected chi connectivity index (χ0v) is 16.2. The zero-order chi connectivity index (χ0) is 19.3. The molecule has 2 aliphatic heterocycles. The highest BCUT2D eigenvalue weighted by molar-refractivity contribution is 6.04. The number of ether oxygens (including phenoxy) is 1. The number of hydrogen-bond acceptors (Lipinski definition) is 4. The number of likely N-dealkylation sites (tertiary alicyclic amines) is 1. The molecule has 2 heterocycles. The van der Waals surface area contributed by atoms with Crippen LogP contribution in [0, 0.1) is 5.92 Å². The van der Waals surface area contributed by atoms with Crippen LogP contribution < -0.4 is 4.74 Å². The fraction of sp³-hybridized carbons (Fsp3) is 0.391. The largest absolute Gasteiger partial charge is 0.497 e. The van der Waals surface area contributed by atoms with Crippen LogP contribution in [0.1, 0.15) is 30.4 Å². The van der Waals surface area contributed by atoms with Gasteiger partial charge < -0.3 is 14.5 Å². The molecule has 0 bridgehead atoms. The molecule has 0 spiro atoms. The van der Waals surface area contributed by atoms with Crippen LogP contribution in [0.5, 0.6) is 5.75 Å². The summed E-state index contributed by atoms with van der Waals surface area (Å²) in [6.45, 7) is 1.60. The Hall–Kier alpha value is -2.82. The third kappa shape index (κ3) is 4.19. The van der Waals surface area contributed by atoms with Crippen molar-refractivity contribution < 1.29 is 14.4 Å². The second-order valence-electron chi connectivity index (χ2n) is 7.52. The normalized spacial score (nSPS) is 19.8. The van der Waals surface area contributed by atoms with Gasteiger partial charge in [-0.15, -0.1) is 0 Å². The molecule has 28 heavy (non-hydrogen) atoms. The first-order chi connectivity index (χ1) is 13.7. The van der Waals surface area contributed by atoms with Crippen LogP contribution >= 0.6 is 0 Å². The summed E-state index contributed by atoms with van der Waals surface area (Å²) in [6.07, 6.45) is 3.20. The monoisotopic (exact) mass is 378 g/mol. The van der Waals surface area contributed by atoms with Crippen molar-refractivity contribution in [1.29, 1.82) is 0 Å². The molecule has 0 aliphatic carbocycles. The van der Waals surface area contributed by atoms with Crippen LogP contribution in [0.2, 0.25) is 0 Å². The quantitative estimate of drug-likeness (QED) is 0.798. The second-order valence-corrected chi connectivity index (χ2v) is 7.52. The van der Waals surface area contributed by atoms with Gasteiger partial charge in [-0.2, -0.15) is 0 Å². The van der Waals surface area contributed by atoms with Gasteiger partial charge in [0.2, 0.25) is 6.10 Å². The van der Waals surface area contributed by atoms with Crippen LogP contribution in [0.4, 0.5) is 0 Å². The Bertz CT molecular complexity index is 825. The van der Waals surface area contributed by atoms with Crippen molar-refractivity contribution >= 4 is 11.6 Å². The van der Waals surface area contributed by atoms with E-state index in [4.69, 9.17) is 9.57 Å². The number of nitrogens with zero attached hydrogens (tertiary/aromatic N) is 2. The summed E-state index contributed by atoms with van der Waals surface area (Å²) in [6, 6.07) is 18.3. The molecule has 2 aromatic carbocycles. The van der Waals surface area contributed by atoms with Gasteiger partial charge in [0, 0.05) is 19.5 Å². The Morgan fingerprint density at radius 3 is 2.50 bits per heavy atom. The molecule has 0 saturated carbocycles. The number of amides is 1. The number of oxime groups is 1. The minimum absolute atomic E-state index is 0.0606. The maximum absolute atomic E-state index is 12.9. The highest BCUT2D eigenvalue weighted by Crippen LogP contribution is 2.25. The maximum Gasteiger partial charge on any atom is 0.266 e. The Balaban J connectivity index is 1.28. The molecular formula is C23H26N2O3. The highest BCUT2D eigenvalue weighted by atomic mass is 16.6. The standard InChI is InChI=1S/C23H26N2O3/c1-27-20-9-7-19(8-10-20)21-16-22(28-24-21)23(26)25-13-11-18(12-14-25)15-17-5-3-2-4-6-17/h2-10,18,22H,11-16H2,1H3/t22-/m0/s1. The van der Waals surface area contributed by atoms with E-state index in [2.05, 4.69) is 35.5 Å². The summed E-state index contributed by atoms with van der Waals surface area (Å²) < 4.78 is 5.18. The predicted molar refractivity (Wildman–Crippen MR) is 108 cm³/mol. The van der Waals surface area contributed by atoms with Crippen LogP contribution in [0.25, 0.3) is 0 Å². The molecule has 0 N–H and O–H groups in total. The molecule has 1 atom stereocenters. The summed E-state index contributed by atoms with van der Waals surface area (Å²) in [5.74, 6) is 1.50. The molecule has 0 aromatic heterocycles. The molecule has 2 aromatic rings. The number of methoxy groups -OCH3 is 1. The van der Waals surface area contributed by atoms with E-state index >= 15 is 0 Å². The Morgan fingerprint density at radius 1 is 1.11 bits per heavy atom. The lowest BCUT2D eigenvalue weighted by atomic mass is 9.90. The average molecular weight is 378 g/mol. The summed E-state index contributed by atoms with van der Waals surface area (Å²) in [5.41, 5.74) is 3.17. The molecule has 0 radical (unpaired) electrons. The van der Waals surface area contributed by atoms with E-state index in [-0.39, 0.29) is 5.91 Å². The fourth-order valence-corrected chi connectivity index (χ4v) is 3.97. The molecule has 146 valence electrons. The first-order valence-electron chi connectivity index (χ1n) is 9.93. The third-order valence-electron chi connectivity index (χ3n) is 5.66. The van der Waals surface area contributed by atoms with Gasteiger partial charge in [0.15, 0.2) is 0 Å². The van der Waals surface area contributed by atoms with E-state index in [0.717, 1.165) is 49.4 Å². The number of piperidine rings is 1. The van der Waals surface area contributed by atoms with Gasteiger partial charge in [0.1, 0.15) is 5.75 Å². The number of carbonyl (C=O) groups is 1. The smallest absolute Gasteiger partial charge is 0.266 e. The van der Waals surface area contributed by atoms with Crippen LogP contribution in [-0.2, 0) is 16.1 Å². The average Bonchev–Trinajstić information content (AvgIpc) is 3.25. The molecule has 1 saturated heterocycles. The highest BCUT2D eigenvalue weighted by Gasteiger charge is 2.34. The summed E-state index contributed by atoms with van der Waals surface area (Å²) in [5, 5.41) is 4.16. The molecule has 1 fully saturated rings. The van der Waals surface area contributed by atoms with E-state index < -0.39 is 6.10 Å². The fourth-order valence-electron chi connectivity index (χ4n) is 3.97. The summed E-state index contributed by atoms with van der Waals surface area (Å²) >= 11 is 0. The van der Waals surface area contributed by atoms with E-state index in [1.54, 1.807) is 7.11 Å². The van der Waals surface area contributed by atoms with E-state index in [9.17, 15) is 4.79 Å². The predicted octanol–water partition coefficient (Wildman–Crippen LogP) is 3.67. The lowest BCUT2D eigenvalue weighted by molar-refractivity contribution is -0.143. The first kappa shape index (κ1) is 18.5. The SMILES string of the molecule is COc1ccc(C2=NO[C@H](C(=O)N3CCC(Cc4ccccc4)CC3)C2)cc1. The van der Waals surface area contributed by atoms with E-state index in [1.165, 1.54) is 5.56 Å². The molecule has 5 heteroatoms. The Kier molecular flexibility index (Phi) is 5.60. The molecule has 4 rings (SSSR count). The number of carbonyl (C=O) groups excluding carboxylic acids is 1. The number of benzene rings is 2. The lowest BCUT2D eigenvalue weighted by Gasteiger charge is -2.33. The van der Waals surface area contributed by atoms with Gasteiger partial charge in [-0.05, 0) is 60.6 Å². The van der Waals surface area contributed by atoms with E-state index in [0.29, 0.717) is 12.3 Å². The molecule has 1 amide bonds. The number of rotatable bonds is 5. The van der Waals surface area contributed by atoms with Crippen molar-refractivity contribution in [1.82, 2.24) is 4.90 Å². The van der Waals surface area contributed by atoms with Crippen LogP contribution in [0.15, 0.2) is 59.8 Å². The van der Waals surface area contributed by atoms with Gasteiger partial charge in [-0.1, -0.05) is 35.5 Å². The minimum atomic E-state index is -0.497. The van der Waals surface area contributed by atoms with Crippen LogP contribution in [-0.4, -0.2) is 42.8 Å². The van der Waals surface area contributed by atoms with Crippen molar-refractivity contribution in [3.63, 3.8) is 0 Å². The van der Waals surface area contributed by atoms with E-state index in [1.807, 2.05) is 29.2 Å². The third-order valence-corrected chi connectivity index (χ3v) is 5.66. The molecular weight excluding hydrogens is 352 g/mol. The number of hydrogen-bond donors (Lipinski definition) is 0. The molecule has 5 nitrogen and oxygen atoms in total. The second kappa shape index (κ2) is 8.46. The lowest BCUT2D eigenvalue weighted by Crippen LogP contribution is -2.44. The minimum Gasteiger partial charge on any atom is -0.497 e. The first-order valence-corrected chi connectivity index (χ1v) is 9.93. The molecule has 2 aliphatic rings. The topological polar surface area (TPSA) is 51.1 Å². The Labute approximate surface area is 165 Å². The summed E-state index contributed by atoms with van der Waals surface area (Å²) in [4.78, 5) is 20.3. The Morgan fingerprint density at radius 2 is 1.82 bits per heavy atom. The van der Waals surface area contributed by atoms with Crippen molar-refractivity contribution in [2.75, 3.05) is 20.2 Å². The van der Waals surface area contributed by atoms with Gasteiger partial charge in [-0.3, -0.25) is 4.79 Å². The van der Waals surface area contributed by atoms with Crippen LogP contribution in [0.3, 0.4) is 0 Å². The van der Waals surface area contributed by atoms with Crippen molar-refractivity contribution in [2.45, 2.75) is 31.8 Å². The van der Waals surface area contributed by atoms with Gasteiger partial charge in [0.25, 0.3) is 5.91 Å². The maximum atomic E-state index is 12.9. The van der Waals surface area contributed by atoms with Crippen molar-refractivity contribution in [3.05, 3.63) is 65.7 Å². The molecule has 0 unspecified atom stereocenters. The van der Waals surface area contributed by atoms with Gasteiger partial charge in [-0.25, -0.2) is 0 Å². The zero-order valence-electron chi connectivity index (χ0n) is 16.2. The van der Waals surface area contributed by atoms with Gasteiger partial charge >= 0.3 is 0 Å².